The second-order valence-electron chi connectivity index (χ2n) is 4.81. The molecule has 0 amide bonds. The van der Waals surface area contributed by atoms with Crippen molar-refractivity contribution >= 4 is 11.6 Å². The molecule has 0 fully saturated rings. The molecular formula is C14H23ClN2. The van der Waals surface area contributed by atoms with E-state index < -0.39 is 0 Å². The average molecular weight is 255 g/mol. The highest BCUT2D eigenvalue weighted by molar-refractivity contribution is 6.31. The first-order chi connectivity index (χ1) is 8.17. The molecule has 1 atom stereocenters. The molecule has 0 bridgehead atoms. The summed E-state index contributed by atoms with van der Waals surface area (Å²) in [6, 6.07) is 2.01. The van der Waals surface area contributed by atoms with Crippen LogP contribution in [0, 0.1) is 5.41 Å². The Morgan fingerprint density at radius 1 is 1.41 bits per heavy atom. The SMILES string of the molecule is CCCCC(CC)(CN)Cc1ccncc1Cl. The summed E-state index contributed by atoms with van der Waals surface area (Å²) in [7, 11) is 0. The number of hydrogen-bond acceptors (Lipinski definition) is 2. The lowest BCUT2D eigenvalue weighted by molar-refractivity contribution is 0.251. The monoisotopic (exact) mass is 254 g/mol. The standard InChI is InChI=1S/C14H23ClN2/c1-3-5-7-14(4-2,11-16)9-12-6-8-17-10-13(12)15/h6,8,10H,3-5,7,9,11,16H2,1-2H3. The first-order valence-corrected chi connectivity index (χ1v) is 6.83. The molecule has 2 N–H and O–H groups in total. The van der Waals surface area contributed by atoms with Crippen molar-refractivity contribution in [2.75, 3.05) is 6.54 Å². The number of pyridine rings is 1. The normalized spacial score (nSPS) is 14.6. The Morgan fingerprint density at radius 2 is 2.18 bits per heavy atom. The largest absolute Gasteiger partial charge is 0.330 e. The molecule has 0 aliphatic heterocycles. The lowest BCUT2D eigenvalue weighted by atomic mass is 9.75. The molecule has 0 spiro atoms. The number of unbranched alkanes of at least 4 members (excludes halogenated alkanes) is 1. The Morgan fingerprint density at radius 3 is 2.71 bits per heavy atom. The Bertz CT molecular complexity index is 335. The van der Waals surface area contributed by atoms with Gasteiger partial charge in [0.1, 0.15) is 0 Å². The molecule has 0 aliphatic carbocycles. The number of nitrogens with two attached hydrogens (primary N) is 1. The first kappa shape index (κ1) is 14.5. The Labute approximate surface area is 110 Å². The van der Waals surface area contributed by atoms with Crippen LogP contribution in [0.5, 0.6) is 0 Å². The van der Waals surface area contributed by atoms with Crippen LogP contribution in [0.15, 0.2) is 18.5 Å². The summed E-state index contributed by atoms with van der Waals surface area (Å²) in [6.45, 7) is 5.16. The molecule has 1 unspecified atom stereocenters. The van der Waals surface area contributed by atoms with Crippen LogP contribution in [-0.2, 0) is 6.42 Å². The van der Waals surface area contributed by atoms with Crippen LogP contribution < -0.4 is 5.73 Å². The quantitative estimate of drug-likeness (QED) is 0.803. The number of hydrogen-bond donors (Lipinski definition) is 1. The molecule has 3 heteroatoms. The van der Waals surface area contributed by atoms with Crippen LogP contribution >= 0.6 is 11.6 Å². The van der Waals surface area contributed by atoms with Crippen molar-refractivity contribution in [3.05, 3.63) is 29.0 Å². The summed E-state index contributed by atoms with van der Waals surface area (Å²) in [6.07, 6.45) is 9.20. The van der Waals surface area contributed by atoms with E-state index in [0.717, 1.165) is 24.4 Å². The van der Waals surface area contributed by atoms with Gasteiger partial charge < -0.3 is 5.73 Å². The molecule has 2 nitrogen and oxygen atoms in total. The maximum Gasteiger partial charge on any atom is 0.0621 e. The van der Waals surface area contributed by atoms with E-state index >= 15 is 0 Å². The van der Waals surface area contributed by atoms with Crippen LogP contribution in [0.25, 0.3) is 0 Å². The third-order valence-corrected chi connectivity index (χ3v) is 4.01. The van der Waals surface area contributed by atoms with Crippen molar-refractivity contribution in [1.82, 2.24) is 4.98 Å². The van der Waals surface area contributed by atoms with Crippen molar-refractivity contribution in [3.63, 3.8) is 0 Å². The predicted octanol–water partition coefficient (Wildman–Crippen LogP) is 3.82. The summed E-state index contributed by atoms with van der Waals surface area (Å²) in [5.74, 6) is 0. The summed E-state index contributed by atoms with van der Waals surface area (Å²) < 4.78 is 0. The van der Waals surface area contributed by atoms with Crippen LogP contribution in [0.2, 0.25) is 5.02 Å². The van der Waals surface area contributed by atoms with E-state index in [1.54, 1.807) is 12.4 Å². The van der Waals surface area contributed by atoms with E-state index in [-0.39, 0.29) is 5.41 Å². The van der Waals surface area contributed by atoms with Gasteiger partial charge in [0.15, 0.2) is 0 Å². The van der Waals surface area contributed by atoms with Crippen molar-refractivity contribution in [2.45, 2.75) is 46.0 Å². The highest BCUT2D eigenvalue weighted by Gasteiger charge is 2.27. The number of halogens is 1. The number of nitrogens with zero attached hydrogens (tertiary/aromatic N) is 1. The Kier molecular flexibility index (Phi) is 5.93. The number of aromatic nitrogens is 1. The van der Waals surface area contributed by atoms with Gasteiger partial charge in [0.25, 0.3) is 0 Å². The molecule has 1 heterocycles. The predicted molar refractivity (Wildman–Crippen MR) is 74.3 cm³/mol. The first-order valence-electron chi connectivity index (χ1n) is 6.46. The fourth-order valence-corrected chi connectivity index (χ4v) is 2.40. The van der Waals surface area contributed by atoms with Gasteiger partial charge in [0.2, 0.25) is 0 Å². The Hall–Kier alpha value is -0.600. The fourth-order valence-electron chi connectivity index (χ4n) is 2.21. The van der Waals surface area contributed by atoms with Crippen LogP contribution in [0.4, 0.5) is 0 Å². The van der Waals surface area contributed by atoms with Gasteiger partial charge in [-0.1, -0.05) is 38.3 Å². The van der Waals surface area contributed by atoms with Gasteiger partial charge in [0.05, 0.1) is 5.02 Å². The van der Waals surface area contributed by atoms with Gasteiger partial charge in [-0.3, -0.25) is 4.98 Å². The fraction of sp³-hybridized carbons (Fsp3) is 0.643. The van der Waals surface area contributed by atoms with E-state index in [1.807, 2.05) is 6.07 Å². The molecule has 1 rings (SSSR count). The van der Waals surface area contributed by atoms with Gasteiger partial charge in [-0.15, -0.1) is 0 Å². The zero-order chi connectivity index (χ0) is 12.7. The van der Waals surface area contributed by atoms with Crippen molar-refractivity contribution < 1.29 is 0 Å². The summed E-state index contributed by atoms with van der Waals surface area (Å²) in [4.78, 5) is 4.03. The lowest BCUT2D eigenvalue weighted by Crippen LogP contribution is -2.32. The zero-order valence-corrected chi connectivity index (χ0v) is 11.6. The molecule has 0 aromatic carbocycles. The van der Waals surface area contributed by atoms with E-state index in [0.29, 0.717) is 0 Å². The van der Waals surface area contributed by atoms with Crippen molar-refractivity contribution in [1.29, 1.82) is 0 Å². The minimum atomic E-state index is 0.195. The topological polar surface area (TPSA) is 38.9 Å². The summed E-state index contributed by atoms with van der Waals surface area (Å²) in [5.41, 5.74) is 7.37. The minimum Gasteiger partial charge on any atom is -0.330 e. The third kappa shape index (κ3) is 3.97. The maximum absolute atomic E-state index is 6.17. The summed E-state index contributed by atoms with van der Waals surface area (Å²) >= 11 is 6.17. The molecule has 0 saturated heterocycles. The van der Waals surface area contributed by atoms with Gasteiger partial charge in [-0.25, -0.2) is 0 Å². The van der Waals surface area contributed by atoms with Gasteiger partial charge in [0, 0.05) is 12.4 Å². The third-order valence-electron chi connectivity index (χ3n) is 3.67. The molecule has 0 saturated carbocycles. The molecule has 1 aromatic heterocycles. The van der Waals surface area contributed by atoms with Crippen LogP contribution in [0.3, 0.4) is 0 Å². The smallest absolute Gasteiger partial charge is 0.0621 e. The highest BCUT2D eigenvalue weighted by Crippen LogP contribution is 2.33. The van der Waals surface area contributed by atoms with E-state index in [9.17, 15) is 0 Å². The second kappa shape index (κ2) is 6.97. The van der Waals surface area contributed by atoms with Crippen LogP contribution in [0.1, 0.15) is 45.1 Å². The molecule has 96 valence electrons. The van der Waals surface area contributed by atoms with Gasteiger partial charge in [-0.2, -0.15) is 0 Å². The molecular weight excluding hydrogens is 232 g/mol. The van der Waals surface area contributed by atoms with Gasteiger partial charge >= 0.3 is 0 Å². The Balaban J connectivity index is 2.82. The molecule has 1 aromatic rings. The lowest BCUT2D eigenvalue weighted by Gasteiger charge is -2.32. The minimum absolute atomic E-state index is 0.195. The summed E-state index contributed by atoms with van der Waals surface area (Å²) in [5, 5.41) is 0.760. The van der Waals surface area contributed by atoms with Crippen molar-refractivity contribution in [2.24, 2.45) is 11.1 Å². The highest BCUT2D eigenvalue weighted by atomic mass is 35.5. The molecule has 17 heavy (non-hydrogen) atoms. The average Bonchev–Trinajstić information content (AvgIpc) is 2.37. The maximum atomic E-state index is 6.17. The second-order valence-corrected chi connectivity index (χ2v) is 5.21. The molecule has 0 radical (unpaired) electrons. The zero-order valence-electron chi connectivity index (χ0n) is 10.9. The van der Waals surface area contributed by atoms with E-state index in [4.69, 9.17) is 17.3 Å². The van der Waals surface area contributed by atoms with Crippen molar-refractivity contribution in [3.8, 4) is 0 Å². The van der Waals surface area contributed by atoms with Gasteiger partial charge in [-0.05, 0) is 42.9 Å². The van der Waals surface area contributed by atoms with E-state index in [2.05, 4.69) is 18.8 Å². The van der Waals surface area contributed by atoms with E-state index in [1.165, 1.54) is 24.8 Å². The number of rotatable bonds is 7. The molecule has 0 aliphatic rings. The van der Waals surface area contributed by atoms with Crippen LogP contribution in [-0.4, -0.2) is 11.5 Å².